The van der Waals surface area contributed by atoms with Crippen molar-refractivity contribution in [2.75, 3.05) is 17.2 Å². The molecule has 2 aromatic heterocycles. The standard InChI is InChI=1S/C35H31N5O4/c1-4-32(42)36-22-9-11-26-20(13-22)15-28(38-26)33(43)37-23-10-12-27-21(14-23)16-29(39-27)34(44)40-18-19(2)35(3)25-8-6-5-7-24(25)30(41)17-31(35)40/h5-17,19,38-39H,4,18H2,1-3H3,(H,36,42)(H,37,43). The van der Waals surface area contributed by atoms with Crippen molar-refractivity contribution in [2.45, 2.75) is 32.6 Å². The number of likely N-dealkylation sites (tertiary alicyclic amines) is 1. The maximum absolute atomic E-state index is 13.9. The third kappa shape index (κ3) is 4.31. The van der Waals surface area contributed by atoms with E-state index in [1.54, 1.807) is 42.2 Å². The van der Waals surface area contributed by atoms with Crippen LogP contribution in [0.2, 0.25) is 0 Å². The van der Waals surface area contributed by atoms with E-state index in [0.717, 1.165) is 33.1 Å². The van der Waals surface area contributed by atoms with Crippen LogP contribution in [-0.2, 0) is 10.2 Å². The lowest BCUT2D eigenvalue weighted by molar-refractivity contribution is -0.115. The van der Waals surface area contributed by atoms with E-state index in [2.05, 4.69) is 34.4 Å². The number of allylic oxidation sites excluding steroid dienone is 2. The number of benzene rings is 3. The monoisotopic (exact) mass is 585 g/mol. The lowest BCUT2D eigenvalue weighted by Crippen LogP contribution is -2.36. The Balaban J connectivity index is 1.12. The number of nitrogens with one attached hydrogen (secondary N) is 4. The van der Waals surface area contributed by atoms with E-state index in [1.807, 2.05) is 48.5 Å². The Kier molecular flexibility index (Phi) is 6.28. The Labute approximate surface area is 253 Å². The molecule has 1 saturated heterocycles. The predicted molar refractivity (Wildman–Crippen MR) is 170 cm³/mol. The smallest absolute Gasteiger partial charge is 0.274 e. The summed E-state index contributed by atoms with van der Waals surface area (Å²) >= 11 is 0. The molecule has 1 aliphatic carbocycles. The molecule has 0 radical (unpaired) electrons. The van der Waals surface area contributed by atoms with Crippen LogP contribution >= 0.6 is 0 Å². The number of rotatable bonds is 5. The highest BCUT2D eigenvalue weighted by Gasteiger charge is 2.51. The van der Waals surface area contributed by atoms with Crippen LogP contribution in [0.1, 0.15) is 64.1 Å². The summed E-state index contributed by atoms with van der Waals surface area (Å²) in [5.41, 5.74) is 5.50. The van der Waals surface area contributed by atoms with Gasteiger partial charge in [0.05, 0.1) is 0 Å². The number of carbonyl (C=O) groups excluding carboxylic acids is 4. The van der Waals surface area contributed by atoms with E-state index in [4.69, 9.17) is 0 Å². The third-order valence-electron chi connectivity index (χ3n) is 9.11. The molecule has 3 heterocycles. The summed E-state index contributed by atoms with van der Waals surface area (Å²) in [6.45, 7) is 6.51. The molecule has 0 saturated carbocycles. The van der Waals surface area contributed by atoms with Gasteiger partial charge in [0.15, 0.2) is 5.78 Å². The average molecular weight is 586 g/mol. The first-order chi connectivity index (χ1) is 21.1. The maximum Gasteiger partial charge on any atom is 0.274 e. The van der Waals surface area contributed by atoms with Crippen molar-refractivity contribution in [3.05, 3.63) is 107 Å². The molecule has 4 N–H and O–H groups in total. The van der Waals surface area contributed by atoms with Crippen molar-refractivity contribution in [2.24, 2.45) is 5.92 Å². The summed E-state index contributed by atoms with van der Waals surface area (Å²) in [5, 5.41) is 7.33. The second-order valence-electron chi connectivity index (χ2n) is 11.8. The Bertz CT molecular complexity index is 2070. The van der Waals surface area contributed by atoms with Gasteiger partial charge in [-0.2, -0.15) is 0 Å². The molecule has 9 nitrogen and oxygen atoms in total. The highest BCUT2D eigenvalue weighted by Crippen LogP contribution is 2.50. The van der Waals surface area contributed by atoms with Gasteiger partial charge in [-0.1, -0.05) is 38.1 Å². The van der Waals surface area contributed by atoms with E-state index in [1.165, 1.54) is 0 Å². The fourth-order valence-corrected chi connectivity index (χ4v) is 6.52. The molecule has 1 fully saturated rings. The molecule has 0 spiro atoms. The second-order valence-corrected chi connectivity index (χ2v) is 11.8. The largest absolute Gasteiger partial charge is 0.351 e. The molecule has 220 valence electrons. The lowest BCUT2D eigenvalue weighted by atomic mass is 9.68. The summed E-state index contributed by atoms with van der Waals surface area (Å²) in [6, 6.07) is 22.0. The topological polar surface area (TPSA) is 127 Å². The molecule has 0 bridgehead atoms. The van der Waals surface area contributed by atoms with Crippen LogP contribution in [0, 0.1) is 5.92 Å². The second kappa shape index (κ2) is 10.1. The van der Waals surface area contributed by atoms with Crippen molar-refractivity contribution >= 4 is 56.7 Å². The zero-order valence-electron chi connectivity index (χ0n) is 24.6. The summed E-state index contributed by atoms with van der Waals surface area (Å²) in [7, 11) is 0. The van der Waals surface area contributed by atoms with Gasteiger partial charge < -0.3 is 25.5 Å². The lowest BCUT2D eigenvalue weighted by Gasteiger charge is -2.35. The number of ketones is 1. The number of aromatic amines is 2. The Hall–Kier alpha value is -5.44. The van der Waals surface area contributed by atoms with E-state index in [-0.39, 0.29) is 29.4 Å². The molecule has 3 aromatic carbocycles. The molecule has 2 atom stereocenters. The molecule has 7 rings (SSSR count). The minimum Gasteiger partial charge on any atom is -0.351 e. The van der Waals surface area contributed by atoms with E-state index in [9.17, 15) is 19.2 Å². The van der Waals surface area contributed by atoms with Gasteiger partial charge in [-0.15, -0.1) is 0 Å². The summed E-state index contributed by atoms with van der Waals surface area (Å²) in [4.78, 5) is 59.8. The van der Waals surface area contributed by atoms with E-state index >= 15 is 0 Å². The zero-order chi connectivity index (χ0) is 30.7. The number of aromatic nitrogens is 2. The van der Waals surface area contributed by atoms with Crippen molar-refractivity contribution in [3.63, 3.8) is 0 Å². The molecule has 2 unspecified atom stereocenters. The van der Waals surface area contributed by atoms with Crippen molar-refractivity contribution in [3.8, 4) is 0 Å². The minimum absolute atomic E-state index is 0.0803. The minimum atomic E-state index is -0.447. The number of hydrogen-bond donors (Lipinski definition) is 4. The molecule has 5 aromatic rings. The molecular weight excluding hydrogens is 554 g/mol. The predicted octanol–water partition coefficient (Wildman–Crippen LogP) is 6.38. The number of amides is 3. The van der Waals surface area contributed by atoms with Crippen molar-refractivity contribution < 1.29 is 19.2 Å². The highest BCUT2D eigenvalue weighted by molar-refractivity contribution is 6.10. The van der Waals surface area contributed by atoms with Gasteiger partial charge in [0.2, 0.25) is 5.91 Å². The third-order valence-corrected chi connectivity index (χ3v) is 9.11. The normalized spacial score (nSPS) is 19.1. The van der Waals surface area contributed by atoms with Crippen LogP contribution in [0.4, 0.5) is 11.4 Å². The summed E-state index contributed by atoms with van der Waals surface area (Å²) in [5.74, 6) is -0.567. The van der Waals surface area contributed by atoms with Crippen LogP contribution in [0.3, 0.4) is 0 Å². The summed E-state index contributed by atoms with van der Waals surface area (Å²) in [6.07, 6.45) is 2.00. The average Bonchev–Trinajstić information content (AvgIpc) is 3.71. The maximum atomic E-state index is 13.9. The first kappa shape index (κ1) is 27.4. The molecule has 3 amide bonds. The first-order valence-electron chi connectivity index (χ1n) is 14.7. The zero-order valence-corrected chi connectivity index (χ0v) is 24.6. The molecule has 44 heavy (non-hydrogen) atoms. The van der Waals surface area contributed by atoms with E-state index < -0.39 is 5.41 Å². The SMILES string of the molecule is CCC(=O)Nc1ccc2[nH]c(C(=O)Nc3ccc4[nH]c(C(=O)N5CC(C)C6(C)C5=CC(=O)c5ccccc56)cc4c3)cc2c1. The van der Waals surface area contributed by atoms with Crippen LogP contribution < -0.4 is 10.6 Å². The van der Waals surface area contributed by atoms with Gasteiger partial charge in [0.1, 0.15) is 11.4 Å². The summed E-state index contributed by atoms with van der Waals surface area (Å²) < 4.78 is 0. The number of carbonyl (C=O) groups is 4. The molecule has 1 aliphatic heterocycles. The van der Waals surface area contributed by atoms with Crippen LogP contribution in [0.15, 0.2) is 84.6 Å². The van der Waals surface area contributed by atoms with Gasteiger partial charge in [0, 0.05) is 68.9 Å². The molecule has 2 aliphatic rings. The molecular formula is C35H31N5O4. The Morgan fingerprint density at radius 3 is 2.23 bits per heavy atom. The highest BCUT2D eigenvalue weighted by atomic mass is 16.2. The number of nitrogens with zero attached hydrogens (tertiary/aromatic N) is 1. The number of fused-ring (bicyclic) bond motifs is 5. The van der Waals surface area contributed by atoms with Crippen LogP contribution in [0.5, 0.6) is 0 Å². The first-order valence-corrected chi connectivity index (χ1v) is 14.7. The van der Waals surface area contributed by atoms with Crippen molar-refractivity contribution in [1.82, 2.24) is 14.9 Å². The van der Waals surface area contributed by atoms with E-state index in [0.29, 0.717) is 41.3 Å². The van der Waals surface area contributed by atoms with Gasteiger partial charge >= 0.3 is 0 Å². The fourth-order valence-electron chi connectivity index (χ4n) is 6.52. The Morgan fingerprint density at radius 1 is 0.886 bits per heavy atom. The van der Waals surface area contributed by atoms with Gasteiger partial charge in [0.25, 0.3) is 11.8 Å². The van der Waals surface area contributed by atoms with Crippen LogP contribution in [0.25, 0.3) is 21.8 Å². The molecule has 9 heteroatoms. The fraction of sp³-hybridized carbons (Fsp3) is 0.200. The van der Waals surface area contributed by atoms with Gasteiger partial charge in [-0.25, -0.2) is 0 Å². The number of hydrogen-bond acceptors (Lipinski definition) is 4. The Morgan fingerprint density at radius 2 is 1.52 bits per heavy atom. The van der Waals surface area contributed by atoms with Gasteiger partial charge in [-0.05, 0) is 66.9 Å². The quantitative estimate of drug-likeness (QED) is 0.191. The number of anilines is 2. The van der Waals surface area contributed by atoms with Crippen molar-refractivity contribution in [1.29, 1.82) is 0 Å². The number of H-pyrrole nitrogens is 2. The van der Waals surface area contributed by atoms with Gasteiger partial charge in [-0.3, -0.25) is 19.2 Å². The van der Waals surface area contributed by atoms with Crippen LogP contribution in [-0.4, -0.2) is 44.9 Å².